The van der Waals surface area contributed by atoms with Gasteiger partial charge in [-0.25, -0.2) is 0 Å². The van der Waals surface area contributed by atoms with Crippen molar-refractivity contribution >= 4 is 22.3 Å². The molecule has 3 aromatic carbocycles. The molecule has 3 aliphatic rings. The third-order valence-electron chi connectivity index (χ3n) is 8.25. The van der Waals surface area contributed by atoms with Crippen LogP contribution in [0.4, 0.5) is 0 Å². The van der Waals surface area contributed by atoms with E-state index in [1.54, 1.807) is 0 Å². The number of hydrogen-bond acceptors (Lipinski definition) is 4. The zero-order valence-electron chi connectivity index (χ0n) is 26.9. The predicted molar refractivity (Wildman–Crippen MR) is 181 cm³/mol. The van der Waals surface area contributed by atoms with Crippen molar-refractivity contribution in [2.45, 2.75) is 95.1 Å². The fraction of sp³-hybridized carbons (Fsp3) is 0.432. The Morgan fingerprint density at radius 3 is 1.75 bits per heavy atom. The molecule has 0 fully saturated rings. The minimum absolute atomic E-state index is 0. The monoisotopic (exact) mass is 622 g/mol. The summed E-state index contributed by atoms with van der Waals surface area (Å²) in [6.45, 7) is 19.0. The molecule has 3 N–H and O–H groups in total. The first-order valence-corrected chi connectivity index (χ1v) is 16.1. The highest BCUT2D eigenvalue weighted by molar-refractivity contribution is 7.79. The molecule has 240 valence electrons. The summed E-state index contributed by atoms with van der Waals surface area (Å²) < 4.78 is 31.6. The summed E-state index contributed by atoms with van der Waals surface area (Å²) in [6, 6.07) is 13.1. The lowest BCUT2D eigenvalue weighted by Crippen LogP contribution is -2.04. The van der Waals surface area contributed by atoms with E-state index in [1.165, 1.54) is 61.2 Å². The van der Waals surface area contributed by atoms with Crippen molar-refractivity contribution < 1.29 is 27.4 Å². The van der Waals surface area contributed by atoms with Gasteiger partial charge in [-0.05, 0) is 118 Å². The number of carbonyl (C=O) groups is 1. The first kappa shape index (κ1) is 37.1. The highest BCUT2D eigenvalue weighted by atomic mass is 32.3. The number of rotatable bonds is 0. The zero-order valence-corrected chi connectivity index (χ0v) is 27.7. The molecule has 0 amide bonds. The van der Waals surface area contributed by atoms with Gasteiger partial charge in [-0.1, -0.05) is 86.0 Å². The zero-order chi connectivity index (χ0) is 32.4. The van der Waals surface area contributed by atoms with Crippen molar-refractivity contribution in [2.24, 2.45) is 11.8 Å². The standard InChI is InChI=1S/C12H16O.C12H14O.C12H14.CH4.H2O4S/c2*1-7-4-8(2)11-10(5-7)6-9(3)12(11)13;1-8-4-10(3)12-7-9(2)6-11(12)5-8;;1-5(2,3)4/h4-5,9,12-13H,6H2,1-3H3;4-5,9H,6H2,1-3H3;4-5,7H,6H2,1-3H3;1H4;(H2,1,2,3,4). The number of aryl methyl sites for hydroxylation is 6. The van der Waals surface area contributed by atoms with Gasteiger partial charge in [-0.3, -0.25) is 13.9 Å². The summed E-state index contributed by atoms with van der Waals surface area (Å²) in [7, 11) is -4.67. The third kappa shape index (κ3) is 9.45. The van der Waals surface area contributed by atoms with E-state index >= 15 is 0 Å². The lowest BCUT2D eigenvalue weighted by molar-refractivity contribution is 0.0945. The molecular weight excluding hydrogens is 572 g/mol. The largest absolute Gasteiger partial charge is 0.394 e. The summed E-state index contributed by atoms with van der Waals surface area (Å²) in [6.07, 6.45) is 5.17. The first-order chi connectivity index (χ1) is 19.8. The Kier molecular flexibility index (Phi) is 12.5. The van der Waals surface area contributed by atoms with E-state index in [1.807, 2.05) is 13.8 Å². The van der Waals surface area contributed by atoms with Gasteiger partial charge in [0, 0.05) is 11.5 Å². The minimum Gasteiger partial charge on any atom is -0.388 e. The molecule has 3 atom stereocenters. The smallest absolute Gasteiger partial charge is 0.388 e. The van der Waals surface area contributed by atoms with E-state index in [-0.39, 0.29) is 19.4 Å². The summed E-state index contributed by atoms with van der Waals surface area (Å²) in [5, 5.41) is 9.92. The quantitative estimate of drug-likeness (QED) is 0.217. The number of Topliss-reactive ketones (excluding diaryl/α,β-unsaturated/α-hetero) is 1. The summed E-state index contributed by atoms with van der Waals surface area (Å²) in [4.78, 5) is 11.7. The maximum Gasteiger partial charge on any atom is 0.394 e. The Labute approximate surface area is 264 Å². The molecule has 3 aromatic rings. The van der Waals surface area contributed by atoms with E-state index in [0.717, 1.165) is 30.4 Å². The van der Waals surface area contributed by atoms with E-state index in [2.05, 4.69) is 90.9 Å². The van der Waals surface area contributed by atoms with Crippen LogP contribution in [0.25, 0.3) is 6.08 Å². The van der Waals surface area contributed by atoms with E-state index < -0.39 is 10.4 Å². The summed E-state index contributed by atoms with van der Waals surface area (Å²) in [5.41, 5.74) is 17.0. The number of carbonyl (C=O) groups excluding carboxylic acids is 1. The topological polar surface area (TPSA) is 112 Å². The Bertz CT molecular complexity index is 1660. The van der Waals surface area contributed by atoms with E-state index in [0.29, 0.717) is 11.7 Å². The van der Waals surface area contributed by atoms with E-state index in [4.69, 9.17) is 17.5 Å². The van der Waals surface area contributed by atoms with Crippen LogP contribution in [0.1, 0.15) is 106 Å². The van der Waals surface area contributed by atoms with Gasteiger partial charge in [0.25, 0.3) is 0 Å². The fourth-order valence-corrected chi connectivity index (χ4v) is 6.66. The van der Waals surface area contributed by atoms with Crippen molar-refractivity contribution in [2.75, 3.05) is 0 Å². The van der Waals surface area contributed by atoms with Crippen molar-refractivity contribution in [3.63, 3.8) is 0 Å². The molecular formula is C37H50O6S. The van der Waals surface area contributed by atoms with Gasteiger partial charge in [0.15, 0.2) is 5.78 Å². The number of benzene rings is 3. The van der Waals surface area contributed by atoms with Crippen LogP contribution in [0.5, 0.6) is 0 Å². The van der Waals surface area contributed by atoms with Gasteiger partial charge in [0.1, 0.15) is 0 Å². The number of aliphatic hydroxyl groups is 1. The molecule has 3 unspecified atom stereocenters. The molecule has 6 rings (SSSR count). The predicted octanol–water partition coefficient (Wildman–Crippen LogP) is 8.45. The van der Waals surface area contributed by atoms with Crippen molar-refractivity contribution in [3.8, 4) is 0 Å². The SMILES string of the molecule is C.CC1=Cc2c(C)cc(C)cc2C1.Cc1cc(C)c2c(c1)CC(C)C2=O.Cc1cc(C)c2c(c1)CC(C)C2O.O=S(=O)(O)O. The van der Waals surface area contributed by atoms with Crippen LogP contribution in [-0.4, -0.2) is 28.4 Å². The molecule has 0 aromatic heterocycles. The van der Waals surface area contributed by atoms with Crippen LogP contribution in [0, 0.1) is 53.4 Å². The second-order valence-electron chi connectivity index (χ2n) is 12.6. The fourth-order valence-electron chi connectivity index (χ4n) is 6.66. The Morgan fingerprint density at radius 2 is 1.18 bits per heavy atom. The molecule has 0 saturated heterocycles. The first-order valence-electron chi connectivity index (χ1n) is 14.7. The molecule has 0 bridgehead atoms. The number of allylic oxidation sites excluding steroid dienone is 1. The number of ketones is 1. The van der Waals surface area contributed by atoms with E-state index in [9.17, 15) is 9.90 Å². The molecule has 0 heterocycles. The molecule has 0 radical (unpaired) electrons. The van der Waals surface area contributed by atoms with Crippen molar-refractivity contribution in [1.29, 1.82) is 0 Å². The van der Waals surface area contributed by atoms with Crippen molar-refractivity contribution in [1.82, 2.24) is 0 Å². The normalized spacial score (nSPS) is 19.0. The van der Waals surface area contributed by atoms with Crippen LogP contribution < -0.4 is 0 Å². The van der Waals surface area contributed by atoms with Crippen molar-refractivity contribution in [3.05, 3.63) is 109 Å². The maximum atomic E-state index is 11.7. The van der Waals surface area contributed by atoms with Gasteiger partial charge in [0.2, 0.25) is 0 Å². The third-order valence-corrected chi connectivity index (χ3v) is 8.25. The lowest BCUT2D eigenvalue weighted by Gasteiger charge is -2.11. The molecule has 3 aliphatic carbocycles. The van der Waals surface area contributed by atoms with Gasteiger partial charge in [-0.2, -0.15) is 8.42 Å². The molecule has 0 saturated carbocycles. The van der Waals surface area contributed by atoms with Gasteiger partial charge in [-0.15, -0.1) is 0 Å². The number of fused-ring (bicyclic) bond motifs is 3. The Balaban J connectivity index is 0.000000212. The van der Waals surface area contributed by atoms with Gasteiger partial charge in [0.05, 0.1) is 6.10 Å². The van der Waals surface area contributed by atoms with Crippen LogP contribution in [0.2, 0.25) is 0 Å². The maximum absolute atomic E-state index is 11.7. The Morgan fingerprint density at radius 1 is 0.705 bits per heavy atom. The van der Waals surface area contributed by atoms with Crippen LogP contribution in [0.15, 0.2) is 42.0 Å². The molecule has 0 spiro atoms. The molecule has 0 aliphatic heterocycles. The summed E-state index contributed by atoms with van der Waals surface area (Å²) >= 11 is 0. The molecule has 6 nitrogen and oxygen atoms in total. The second-order valence-corrected chi connectivity index (χ2v) is 13.5. The highest BCUT2D eigenvalue weighted by Gasteiger charge is 2.29. The average Bonchev–Trinajstić information content (AvgIpc) is 3.45. The average molecular weight is 623 g/mol. The second kappa shape index (κ2) is 14.8. The van der Waals surface area contributed by atoms with Crippen LogP contribution >= 0.6 is 0 Å². The van der Waals surface area contributed by atoms with Gasteiger partial charge < -0.3 is 5.11 Å². The highest BCUT2D eigenvalue weighted by Crippen LogP contribution is 2.38. The lowest BCUT2D eigenvalue weighted by atomic mass is 10.00. The minimum atomic E-state index is -4.67. The molecule has 7 heteroatoms. The number of aliphatic hydroxyl groups excluding tert-OH is 1. The molecule has 44 heavy (non-hydrogen) atoms. The van der Waals surface area contributed by atoms with Gasteiger partial charge >= 0.3 is 10.4 Å². The summed E-state index contributed by atoms with van der Waals surface area (Å²) in [5.74, 6) is 0.901. The Hall–Kier alpha value is -3.10. The van der Waals surface area contributed by atoms with Crippen LogP contribution in [-0.2, 0) is 29.7 Å². The number of hydrogen-bond donors (Lipinski definition) is 3. The van der Waals surface area contributed by atoms with Crippen LogP contribution in [0.3, 0.4) is 0 Å².